The van der Waals surface area contributed by atoms with Crippen LogP contribution in [0.5, 0.6) is 46.0 Å². The standard InChI is InChI=1S/C78H76O10/c1-51-45-62(24-36-71(51)83-6)77(40-10-7-11-41-77)64-26-38-73(53(3)47-64)87-75(81)57-22-30-67(31-23-57)86-69-34-32-68(33-35-69)85-66-28-20-56(21-29-66)70(80)15-9-14-44-84-72-37-25-63(46-52(72)2)78(42-12-8-13-43-78)65-27-39-74(54(4)48-65)88-76(82)61-19-18-59-49-58(55(5)79)16-17-60(59)50-61/h16-39,45-50H,7-15,40-44H2,1-6H3. The van der Waals surface area contributed by atoms with Crippen molar-refractivity contribution in [2.45, 2.75) is 129 Å². The highest BCUT2D eigenvalue weighted by Crippen LogP contribution is 2.48. The Morgan fingerprint density at radius 2 is 0.761 bits per heavy atom. The Balaban J connectivity index is 0.622. The topological polar surface area (TPSA) is 124 Å². The fourth-order valence-corrected chi connectivity index (χ4v) is 13.0. The van der Waals surface area contributed by atoms with Crippen molar-refractivity contribution in [2.75, 3.05) is 13.7 Å². The van der Waals surface area contributed by atoms with E-state index in [0.717, 1.165) is 102 Å². The van der Waals surface area contributed by atoms with Gasteiger partial charge in [0.25, 0.3) is 0 Å². The molecule has 0 spiro atoms. The second kappa shape index (κ2) is 26.8. The van der Waals surface area contributed by atoms with E-state index in [1.54, 1.807) is 80.8 Å². The van der Waals surface area contributed by atoms with E-state index in [2.05, 4.69) is 74.5 Å². The van der Waals surface area contributed by atoms with Crippen molar-refractivity contribution in [3.05, 3.63) is 249 Å². The Kier molecular flexibility index (Phi) is 18.4. The van der Waals surface area contributed by atoms with Gasteiger partial charge in [-0.2, -0.15) is 0 Å². The third kappa shape index (κ3) is 13.5. The van der Waals surface area contributed by atoms with E-state index in [1.807, 2.05) is 68.4 Å². The molecule has 9 aromatic carbocycles. The predicted octanol–water partition coefficient (Wildman–Crippen LogP) is 19.2. The van der Waals surface area contributed by atoms with Crippen LogP contribution in [0.25, 0.3) is 10.8 Å². The molecule has 0 unspecified atom stereocenters. The average molecular weight is 1170 g/mol. The number of unbranched alkanes of at least 4 members (excludes halogenated alkanes) is 1. The van der Waals surface area contributed by atoms with Crippen LogP contribution in [-0.2, 0) is 10.8 Å². The number of carbonyl (C=O) groups is 4. The van der Waals surface area contributed by atoms with E-state index in [0.29, 0.717) is 76.2 Å². The van der Waals surface area contributed by atoms with Crippen molar-refractivity contribution in [1.82, 2.24) is 0 Å². The van der Waals surface area contributed by atoms with Crippen molar-refractivity contribution in [1.29, 1.82) is 0 Å². The molecule has 10 nitrogen and oxygen atoms in total. The Labute approximate surface area is 516 Å². The zero-order valence-corrected chi connectivity index (χ0v) is 51.3. The number of fused-ring (bicyclic) bond motifs is 1. The average Bonchev–Trinajstić information content (AvgIpc) is 0.987. The lowest BCUT2D eigenvalue weighted by Crippen LogP contribution is -2.30. The van der Waals surface area contributed by atoms with E-state index in [1.165, 1.54) is 35.1 Å². The van der Waals surface area contributed by atoms with Gasteiger partial charge in [0.15, 0.2) is 11.6 Å². The predicted molar refractivity (Wildman–Crippen MR) is 346 cm³/mol. The lowest BCUT2D eigenvalue weighted by molar-refractivity contribution is 0.0724. The normalized spacial score (nSPS) is 14.3. The minimum atomic E-state index is -0.438. The van der Waals surface area contributed by atoms with Gasteiger partial charge in [-0.05, 0) is 244 Å². The molecular weight excluding hydrogens is 1100 g/mol. The Hall–Kier alpha value is -9.28. The number of hydrogen-bond donors (Lipinski definition) is 0. The Morgan fingerprint density at radius 1 is 0.386 bits per heavy atom. The zero-order chi connectivity index (χ0) is 61.4. The van der Waals surface area contributed by atoms with Gasteiger partial charge in [0, 0.05) is 28.4 Å². The van der Waals surface area contributed by atoms with E-state index in [4.69, 9.17) is 28.4 Å². The molecular formula is C78H76O10. The first kappa shape index (κ1) is 60.4. The summed E-state index contributed by atoms with van der Waals surface area (Å²) in [5.41, 5.74) is 10.9. The summed E-state index contributed by atoms with van der Waals surface area (Å²) in [4.78, 5) is 51.9. The fourth-order valence-electron chi connectivity index (χ4n) is 13.0. The number of Topliss-reactive ketones (excluding diaryl/α,β-unsaturated/α-hetero) is 2. The van der Waals surface area contributed by atoms with Crippen LogP contribution in [0.4, 0.5) is 0 Å². The summed E-state index contributed by atoms with van der Waals surface area (Å²) in [5.74, 6) is 4.41. The molecule has 2 fully saturated rings. The Bertz CT molecular complexity index is 4010. The second-order valence-electron chi connectivity index (χ2n) is 24.0. The highest BCUT2D eigenvalue weighted by atomic mass is 16.5. The molecule has 0 radical (unpaired) electrons. The maximum atomic E-state index is 13.4. The number of carbonyl (C=O) groups excluding carboxylic acids is 4. The number of esters is 2. The van der Waals surface area contributed by atoms with Gasteiger partial charge in [0.1, 0.15) is 46.0 Å². The lowest BCUT2D eigenvalue weighted by Gasteiger charge is -2.39. The van der Waals surface area contributed by atoms with Crippen molar-refractivity contribution >= 4 is 34.3 Å². The molecule has 0 atom stereocenters. The highest BCUT2D eigenvalue weighted by molar-refractivity contribution is 6.01. The van der Waals surface area contributed by atoms with Gasteiger partial charge in [-0.15, -0.1) is 0 Å². The van der Waals surface area contributed by atoms with Crippen LogP contribution in [0.3, 0.4) is 0 Å². The summed E-state index contributed by atoms with van der Waals surface area (Å²) in [5, 5.41) is 1.76. The van der Waals surface area contributed by atoms with Gasteiger partial charge in [-0.25, -0.2) is 9.59 Å². The van der Waals surface area contributed by atoms with E-state index >= 15 is 0 Å². The molecule has 2 aliphatic rings. The van der Waals surface area contributed by atoms with Gasteiger partial charge in [-0.3, -0.25) is 9.59 Å². The van der Waals surface area contributed by atoms with Gasteiger partial charge in [0.05, 0.1) is 24.8 Å². The summed E-state index contributed by atoms with van der Waals surface area (Å²) in [6, 6.07) is 57.9. The molecule has 2 saturated carbocycles. The van der Waals surface area contributed by atoms with Crippen LogP contribution >= 0.6 is 0 Å². The number of benzene rings is 9. The monoisotopic (exact) mass is 1170 g/mol. The fraction of sp³-hybridized carbons (Fsp3) is 0.282. The van der Waals surface area contributed by atoms with Crippen molar-refractivity contribution in [2.24, 2.45) is 0 Å². The molecule has 11 rings (SSSR count). The van der Waals surface area contributed by atoms with Gasteiger partial charge in [0.2, 0.25) is 0 Å². The maximum absolute atomic E-state index is 13.4. The Morgan fingerprint density at radius 3 is 1.19 bits per heavy atom. The molecule has 0 N–H and O–H groups in total. The van der Waals surface area contributed by atoms with Crippen LogP contribution in [0, 0.1) is 27.7 Å². The third-order valence-electron chi connectivity index (χ3n) is 18.0. The number of aryl methyl sites for hydroxylation is 4. The first-order chi connectivity index (χ1) is 42.7. The first-order valence-electron chi connectivity index (χ1n) is 31.0. The van der Waals surface area contributed by atoms with Gasteiger partial charge >= 0.3 is 11.9 Å². The molecule has 2 aliphatic carbocycles. The molecule has 0 aromatic heterocycles. The molecule has 9 aromatic rings. The SMILES string of the molecule is COc1ccc(C2(c3ccc(OC(=O)c4ccc(Oc5ccc(Oc6ccc(C(=O)CCCCOc7ccc(C8(c9ccc(OC(=O)c%10ccc%11cc(C(C)=O)ccc%11c%10)c(C)c9)CCCCC8)cc7C)cc6)cc5)cc4)c(C)c3)CCCCC2)cc1C. The number of ketones is 2. The van der Waals surface area contributed by atoms with Crippen molar-refractivity contribution in [3.63, 3.8) is 0 Å². The van der Waals surface area contributed by atoms with Crippen LogP contribution in [-0.4, -0.2) is 37.2 Å². The molecule has 10 heteroatoms. The van der Waals surface area contributed by atoms with E-state index in [-0.39, 0.29) is 22.4 Å². The van der Waals surface area contributed by atoms with E-state index in [9.17, 15) is 19.2 Å². The number of rotatable bonds is 21. The highest BCUT2D eigenvalue weighted by Gasteiger charge is 2.38. The summed E-state index contributed by atoms with van der Waals surface area (Å²) in [6.45, 7) is 10.2. The minimum absolute atomic E-state index is 0.000476. The second-order valence-corrected chi connectivity index (χ2v) is 24.0. The summed E-state index contributed by atoms with van der Waals surface area (Å²) in [6.07, 6.45) is 13.0. The molecule has 0 saturated heterocycles. The van der Waals surface area contributed by atoms with Crippen LogP contribution < -0.4 is 28.4 Å². The van der Waals surface area contributed by atoms with Crippen LogP contribution in [0.1, 0.15) is 176 Å². The zero-order valence-electron chi connectivity index (χ0n) is 51.3. The maximum Gasteiger partial charge on any atom is 0.343 e. The summed E-state index contributed by atoms with van der Waals surface area (Å²) < 4.78 is 36.0. The first-order valence-corrected chi connectivity index (χ1v) is 31.0. The molecule has 0 aliphatic heterocycles. The quantitative estimate of drug-likeness (QED) is 0.0297. The molecule has 0 heterocycles. The van der Waals surface area contributed by atoms with Crippen molar-refractivity contribution in [3.8, 4) is 46.0 Å². The smallest absolute Gasteiger partial charge is 0.343 e. The number of ether oxygens (including phenoxy) is 6. The molecule has 88 heavy (non-hydrogen) atoms. The third-order valence-corrected chi connectivity index (χ3v) is 18.0. The molecule has 448 valence electrons. The lowest BCUT2D eigenvalue weighted by atomic mass is 9.65. The molecule has 0 amide bonds. The molecule has 0 bridgehead atoms. The number of methoxy groups -OCH3 is 1. The van der Waals surface area contributed by atoms with Crippen LogP contribution in [0.2, 0.25) is 0 Å². The van der Waals surface area contributed by atoms with E-state index < -0.39 is 11.9 Å². The summed E-state index contributed by atoms with van der Waals surface area (Å²) >= 11 is 0. The largest absolute Gasteiger partial charge is 0.496 e. The van der Waals surface area contributed by atoms with Gasteiger partial charge in [-0.1, -0.05) is 105 Å². The summed E-state index contributed by atoms with van der Waals surface area (Å²) in [7, 11) is 1.71. The minimum Gasteiger partial charge on any atom is -0.496 e. The van der Waals surface area contributed by atoms with Crippen LogP contribution in [0.15, 0.2) is 182 Å². The number of hydrogen-bond acceptors (Lipinski definition) is 10. The van der Waals surface area contributed by atoms with Gasteiger partial charge < -0.3 is 28.4 Å². The van der Waals surface area contributed by atoms with Crippen molar-refractivity contribution < 1.29 is 47.6 Å².